The van der Waals surface area contributed by atoms with E-state index in [9.17, 15) is 9.90 Å². The van der Waals surface area contributed by atoms with Crippen LogP contribution in [0.25, 0.3) is 0 Å². The number of hydrogen-bond acceptors (Lipinski definition) is 3. The van der Waals surface area contributed by atoms with Crippen molar-refractivity contribution in [2.45, 2.75) is 19.7 Å². The predicted octanol–water partition coefficient (Wildman–Crippen LogP) is 2.23. The highest BCUT2D eigenvalue weighted by Crippen LogP contribution is 2.32. The Morgan fingerprint density at radius 3 is 2.72 bits per heavy atom. The Balaban J connectivity index is 1.90. The highest BCUT2D eigenvalue weighted by Gasteiger charge is 2.35. The molecule has 0 bridgehead atoms. The number of furan rings is 1. The molecule has 4 nitrogen and oxygen atoms in total. The topological polar surface area (TPSA) is 53.7 Å². The van der Waals surface area contributed by atoms with Crippen LogP contribution in [0.1, 0.15) is 33.7 Å². The Morgan fingerprint density at radius 1 is 1.28 bits per heavy atom. The van der Waals surface area contributed by atoms with Crippen LogP contribution in [0.3, 0.4) is 0 Å². The second kappa shape index (κ2) is 3.99. The molecule has 0 unspecified atom stereocenters. The van der Waals surface area contributed by atoms with E-state index in [0.717, 1.165) is 5.76 Å². The second-order valence-electron chi connectivity index (χ2n) is 4.41. The van der Waals surface area contributed by atoms with Crippen molar-refractivity contribution in [2.24, 2.45) is 0 Å². The Bertz CT molecular complexity index is 603. The van der Waals surface area contributed by atoms with Gasteiger partial charge in [0.05, 0.1) is 6.54 Å². The van der Waals surface area contributed by atoms with Crippen LogP contribution in [0.2, 0.25) is 0 Å². The summed E-state index contributed by atoms with van der Waals surface area (Å²) in [6.07, 6.45) is -0.890. The minimum atomic E-state index is -0.890. The average Bonchev–Trinajstić information content (AvgIpc) is 2.88. The zero-order valence-electron chi connectivity index (χ0n) is 9.96. The van der Waals surface area contributed by atoms with Crippen molar-refractivity contribution in [3.8, 4) is 0 Å². The first-order chi connectivity index (χ1) is 8.66. The molecule has 1 aromatic carbocycles. The normalized spacial score (nSPS) is 18.2. The Labute approximate surface area is 104 Å². The summed E-state index contributed by atoms with van der Waals surface area (Å²) in [6.45, 7) is 2.13. The van der Waals surface area contributed by atoms with Crippen LogP contribution in [0, 0.1) is 6.92 Å². The van der Waals surface area contributed by atoms with Crippen LogP contribution in [-0.4, -0.2) is 15.9 Å². The quantitative estimate of drug-likeness (QED) is 0.880. The molecule has 1 atom stereocenters. The van der Waals surface area contributed by atoms with Crippen molar-refractivity contribution in [1.29, 1.82) is 0 Å². The number of hydrogen-bond donors (Lipinski definition) is 1. The molecular weight excluding hydrogens is 230 g/mol. The van der Waals surface area contributed by atoms with E-state index in [0.29, 0.717) is 16.9 Å². The van der Waals surface area contributed by atoms with Gasteiger partial charge in [-0.25, -0.2) is 0 Å². The van der Waals surface area contributed by atoms with Gasteiger partial charge in [-0.1, -0.05) is 18.2 Å². The molecule has 2 aromatic rings. The highest BCUT2D eigenvalue weighted by atomic mass is 16.3. The summed E-state index contributed by atoms with van der Waals surface area (Å²) in [4.78, 5) is 13.5. The van der Waals surface area contributed by atoms with Crippen LogP contribution in [-0.2, 0) is 6.54 Å². The van der Waals surface area contributed by atoms with Gasteiger partial charge in [0.1, 0.15) is 11.5 Å². The molecule has 0 fully saturated rings. The lowest BCUT2D eigenvalue weighted by Gasteiger charge is -2.19. The van der Waals surface area contributed by atoms with E-state index in [4.69, 9.17) is 4.42 Å². The molecule has 1 N–H and O–H groups in total. The lowest BCUT2D eigenvalue weighted by Crippen LogP contribution is -2.27. The number of benzene rings is 1. The van der Waals surface area contributed by atoms with Crippen LogP contribution in [0.4, 0.5) is 0 Å². The fourth-order valence-corrected chi connectivity index (χ4v) is 2.25. The number of fused-ring (bicyclic) bond motifs is 1. The number of aliphatic hydroxyl groups is 1. The van der Waals surface area contributed by atoms with E-state index in [-0.39, 0.29) is 12.5 Å². The number of aliphatic hydroxyl groups excluding tert-OH is 1. The smallest absolute Gasteiger partial charge is 0.257 e. The molecule has 1 amide bonds. The molecule has 3 rings (SSSR count). The summed E-state index contributed by atoms with van der Waals surface area (Å²) >= 11 is 0. The minimum Gasteiger partial charge on any atom is -0.464 e. The SMILES string of the molecule is Cc1ccc(CN2C(=O)c3ccccc3[C@H]2O)o1. The number of rotatable bonds is 2. The third kappa shape index (κ3) is 1.62. The van der Waals surface area contributed by atoms with Crippen molar-refractivity contribution in [2.75, 3.05) is 0 Å². The van der Waals surface area contributed by atoms with Crippen LogP contribution >= 0.6 is 0 Å². The van der Waals surface area contributed by atoms with E-state index in [1.807, 2.05) is 25.1 Å². The van der Waals surface area contributed by atoms with Gasteiger partial charge in [0.15, 0.2) is 6.23 Å². The molecule has 18 heavy (non-hydrogen) atoms. The number of nitrogens with zero attached hydrogens (tertiary/aromatic N) is 1. The van der Waals surface area contributed by atoms with E-state index >= 15 is 0 Å². The summed E-state index contributed by atoms with van der Waals surface area (Å²) in [5.41, 5.74) is 1.22. The standard InChI is InChI=1S/C14H13NO3/c1-9-6-7-10(18-9)8-15-13(16)11-4-2-3-5-12(11)14(15)17/h2-7,13,16H,8H2,1H3/t13-/m1/s1. The lowest BCUT2D eigenvalue weighted by molar-refractivity contribution is 0.0108. The summed E-state index contributed by atoms with van der Waals surface area (Å²) in [6, 6.07) is 10.8. The Kier molecular flexibility index (Phi) is 2.45. The number of amides is 1. The summed E-state index contributed by atoms with van der Waals surface area (Å²) in [7, 11) is 0. The molecular formula is C14H13NO3. The van der Waals surface area contributed by atoms with Crippen molar-refractivity contribution in [3.05, 3.63) is 59.0 Å². The maximum atomic E-state index is 12.1. The van der Waals surface area contributed by atoms with Crippen molar-refractivity contribution in [1.82, 2.24) is 4.90 Å². The third-order valence-corrected chi connectivity index (χ3v) is 3.15. The van der Waals surface area contributed by atoms with Crippen molar-refractivity contribution in [3.63, 3.8) is 0 Å². The van der Waals surface area contributed by atoms with Gasteiger partial charge in [-0.3, -0.25) is 4.79 Å². The van der Waals surface area contributed by atoms with Crippen molar-refractivity contribution >= 4 is 5.91 Å². The van der Waals surface area contributed by atoms with Gasteiger partial charge < -0.3 is 14.4 Å². The Hall–Kier alpha value is -2.07. The van der Waals surface area contributed by atoms with Crippen LogP contribution in [0.5, 0.6) is 0 Å². The molecule has 0 saturated carbocycles. The molecule has 0 aliphatic carbocycles. The molecule has 0 radical (unpaired) electrons. The molecule has 1 aliphatic rings. The fourth-order valence-electron chi connectivity index (χ4n) is 2.25. The highest BCUT2D eigenvalue weighted by molar-refractivity contribution is 5.98. The summed E-state index contributed by atoms with van der Waals surface area (Å²) in [5, 5.41) is 10.1. The Morgan fingerprint density at radius 2 is 2.06 bits per heavy atom. The van der Waals surface area contributed by atoms with E-state index in [1.54, 1.807) is 18.2 Å². The molecule has 1 aromatic heterocycles. The van der Waals surface area contributed by atoms with Crippen molar-refractivity contribution < 1.29 is 14.3 Å². The van der Waals surface area contributed by atoms with Gasteiger partial charge >= 0.3 is 0 Å². The first-order valence-corrected chi connectivity index (χ1v) is 5.80. The van der Waals surface area contributed by atoms with E-state index in [1.165, 1.54) is 4.90 Å². The number of carbonyl (C=O) groups is 1. The first kappa shape index (κ1) is 11.0. The summed E-state index contributed by atoms with van der Waals surface area (Å²) in [5.74, 6) is 1.31. The maximum absolute atomic E-state index is 12.1. The van der Waals surface area contributed by atoms with E-state index in [2.05, 4.69) is 0 Å². The fraction of sp³-hybridized carbons (Fsp3) is 0.214. The van der Waals surface area contributed by atoms with Gasteiger partial charge in [-0.15, -0.1) is 0 Å². The van der Waals surface area contributed by atoms with Crippen LogP contribution in [0.15, 0.2) is 40.8 Å². The molecule has 2 heterocycles. The van der Waals surface area contributed by atoms with Gasteiger partial charge in [-0.05, 0) is 25.1 Å². The molecule has 1 aliphatic heterocycles. The largest absolute Gasteiger partial charge is 0.464 e. The third-order valence-electron chi connectivity index (χ3n) is 3.15. The predicted molar refractivity (Wildman–Crippen MR) is 64.7 cm³/mol. The molecule has 0 saturated heterocycles. The number of aryl methyl sites for hydroxylation is 1. The minimum absolute atomic E-state index is 0.160. The monoisotopic (exact) mass is 243 g/mol. The summed E-state index contributed by atoms with van der Waals surface area (Å²) < 4.78 is 5.44. The zero-order chi connectivity index (χ0) is 12.7. The first-order valence-electron chi connectivity index (χ1n) is 5.80. The van der Waals surface area contributed by atoms with E-state index < -0.39 is 6.23 Å². The van der Waals surface area contributed by atoms with Crippen LogP contribution < -0.4 is 0 Å². The average molecular weight is 243 g/mol. The number of carbonyl (C=O) groups excluding carboxylic acids is 1. The van der Waals surface area contributed by atoms with Gasteiger partial charge in [0.25, 0.3) is 5.91 Å². The molecule has 0 spiro atoms. The lowest BCUT2D eigenvalue weighted by atomic mass is 10.1. The second-order valence-corrected chi connectivity index (χ2v) is 4.41. The van der Waals surface area contributed by atoms with Gasteiger partial charge in [0, 0.05) is 11.1 Å². The zero-order valence-corrected chi connectivity index (χ0v) is 9.96. The van der Waals surface area contributed by atoms with Gasteiger partial charge in [0.2, 0.25) is 0 Å². The molecule has 4 heteroatoms. The molecule has 92 valence electrons. The maximum Gasteiger partial charge on any atom is 0.257 e. The van der Waals surface area contributed by atoms with Gasteiger partial charge in [-0.2, -0.15) is 0 Å².